The van der Waals surface area contributed by atoms with E-state index in [0.717, 1.165) is 44.7 Å². The van der Waals surface area contributed by atoms with Crippen molar-refractivity contribution in [2.75, 3.05) is 52.9 Å². The first-order valence-corrected chi connectivity index (χ1v) is 10.0. The molecule has 2 aliphatic rings. The monoisotopic (exact) mass is 372 g/mol. The number of likely N-dealkylation sites (tertiary alicyclic amines) is 1. The minimum absolute atomic E-state index is 0.0214. The second-order valence-corrected chi connectivity index (χ2v) is 7.95. The number of aryl methyl sites for hydroxylation is 1. The van der Waals surface area contributed by atoms with Crippen molar-refractivity contribution in [3.8, 4) is 0 Å². The number of carbonyl (C=O) groups is 2. The fraction of sp³-hybridized carbons (Fsp3) is 0.619. The summed E-state index contributed by atoms with van der Waals surface area (Å²) in [5.74, 6) is -0.118. The van der Waals surface area contributed by atoms with Gasteiger partial charge in [0, 0.05) is 52.2 Å². The van der Waals surface area contributed by atoms with Gasteiger partial charge in [0.05, 0.1) is 5.92 Å². The van der Waals surface area contributed by atoms with Crippen LogP contribution < -0.4 is 5.32 Å². The average molecular weight is 373 g/mol. The third-order valence-electron chi connectivity index (χ3n) is 5.63. The SMILES string of the molecule is Cc1ccc(CN2CC(C(=O)NCCCN3CCN(C)CC3)CC2=O)cc1. The molecule has 1 aromatic carbocycles. The molecule has 2 heterocycles. The topological polar surface area (TPSA) is 55.9 Å². The molecule has 1 aromatic rings. The van der Waals surface area contributed by atoms with E-state index in [1.54, 1.807) is 4.90 Å². The van der Waals surface area contributed by atoms with Crippen molar-refractivity contribution in [2.24, 2.45) is 5.92 Å². The van der Waals surface area contributed by atoms with Crippen molar-refractivity contribution in [3.63, 3.8) is 0 Å². The van der Waals surface area contributed by atoms with E-state index in [9.17, 15) is 9.59 Å². The lowest BCUT2D eigenvalue weighted by Crippen LogP contribution is -2.45. The molecule has 2 saturated heterocycles. The van der Waals surface area contributed by atoms with Crippen LogP contribution >= 0.6 is 0 Å². The Kier molecular flexibility index (Phi) is 6.85. The van der Waals surface area contributed by atoms with Crippen LogP contribution in [0.15, 0.2) is 24.3 Å². The lowest BCUT2D eigenvalue weighted by molar-refractivity contribution is -0.129. The Hall–Kier alpha value is -1.92. The van der Waals surface area contributed by atoms with Crippen molar-refractivity contribution in [1.82, 2.24) is 20.0 Å². The summed E-state index contributed by atoms with van der Waals surface area (Å²) in [7, 11) is 2.16. The molecule has 0 aliphatic carbocycles. The molecule has 2 aliphatic heterocycles. The Morgan fingerprint density at radius 1 is 1.15 bits per heavy atom. The van der Waals surface area contributed by atoms with Crippen LogP contribution in [0.2, 0.25) is 0 Å². The molecule has 0 radical (unpaired) electrons. The molecule has 2 amide bonds. The fourth-order valence-electron chi connectivity index (χ4n) is 3.74. The van der Waals surface area contributed by atoms with Crippen LogP contribution in [0.25, 0.3) is 0 Å². The molecule has 2 fully saturated rings. The van der Waals surface area contributed by atoms with E-state index in [4.69, 9.17) is 0 Å². The number of hydrogen-bond acceptors (Lipinski definition) is 4. The van der Waals surface area contributed by atoms with Crippen LogP contribution in [0.3, 0.4) is 0 Å². The van der Waals surface area contributed by atoms with E-state index in [1.165, 1.54) is 5.56 Å². The molecule has 1 N–H and O–H groups in total. The van der Waals surface area contributed by atoms with Gasteiger partial charge in [-0.1, -0.05) is 29.8 Å². The largest absolute Gasteiger partial charge is 0.356 e. The van der Waals surface area contributed by atoms with Crippen molar-refractivity contribution >= 4 is 11.8 Å². The van der Waals surface area contributed by atoms with E-state index in [-0.39, 0.29) is 17.7 Å². The van der Waals surface area contributed by atoms with Crippen LogP contribution in [0.4, 0.5) is 0 Å². The maximum Gasteiger partial charge on any atom is 0.225 e. The van der Waals surface area contributed by atoms with E-state index >= 15 is 0 Å². The van der Waals surface area contributed by atoms with Crippen LogP contribution in [0.1, 0.15) is 24.0 Å². The highest BCUT2D eigenvalue weighted by Crippen LogP contribution is 2.20. The normalized spacial score (nSPS) is 21.6. The van der Waals surface area contributed by atoms with Crippen molar-refractivity contribution < 1.29 is 9.59 Å². The molecular formula is C21H32N4O2. The van der Waals surface area contributed by atoms with Crippen LogP contribution in [0, 0.1) is 12.8 Å². The summed E-state index contributed by atoms with van der Waals surface area (Å²) >= 11 is 0. The molecular weight excluding hydrogens is 340 g/mol. The third-order valence-corrected chi connectivity index (χ3v) is 5.63. The van der Waals surface area contributed by atoms with Crippen molar-refractivity contribution in [1.29, 1.82) is 0 Å². The summed E-state index contributed by atoms with van der Waals surface area (Å²) in [6, 6.07) is 8.21. The summed E-state index contributed by atoms with van der Waals surface area (Å²) in [5, 5.41) is 3.03. The summed E-state index contributed by atoms with van der Waals surface area (Å²) in [6.45, 7) is 9.33. The number of nitrogens with one attached hydrogen (secondary N) is 1. The Morgan fingerprint density at radius 3 is 2.56 bits per heavy atom. The zero-order valence-corrected chi connectivity index (χ0v) is 16.6. The van der Waals surface area contributed by atoms with E-state index in [0.29, 0.717) is 26.1 Å². The molecule has 1 atom stereocenters. The number of carbonyl (C=O) groups excluding carboxylic acids is 2. The van der Waals surface area contributed by atoms with E-state index < -0.39 is 0 Å². The zero-order chi connectivity index (χ0) is 19.2. The van der Waals surface area contributed by atoms with Crippen LogP contribution in [-0.4, -0.2) is 79.4 Å². The first kappa shape index (κ1) is 19.8. The van der Waals surface area contributed by atoms with E-state index in [1.807, 2.05) is 12.1 Å². The highest BCUT2D eigenvalue weighted by molar-refractivity contribution is 5.89. The Morgan fingerprint density at radius 2 is 1.85 bits per heavy atom. The first-order valence-electron chi connectivity index (χ1n) is 10.0. The first-order chi connectivity index (χ1) is 13.0. The summed E-state index contributed by atoms with van der Waals surface area (Å²) in [6.07, 6.45) is 1.29. The molecule has 0 saturated carbocycles. The number of likely N-dealkylation sites (N-methyl/N-ethyl adjacent to an activating group) is 1. The molecule has 6 heteroatoms. The molecule has 1 unspecified atom stereocenters. The maximum atomic E-state index is 12.4. The summed E-state index contributed by atoms with van der Waals surface area (Å²) < 4.78 is 0. The smallest absolute Gasteiger partial charge is 0.225 e. The van der Waals surface area contributed by atoms with Gasteiger partial charge in [-0.2, -0.15) is 0 Å². The number of hydrogen-bond donors (Lipinski definition) is 1. The van der Waals surface area contributed by atoms with Gasteiger partial charge in [-0.15, -0.1) is 0 Å². The summed E-state index contributed by atoms with van der Waals surface area (Å²) in [5.41, 5.74) is 2.32. The Bertz CT molecular complexity index is 638. The molecule has 27 heavy (non-hydrogen) atoms. The Balaban J connectivity index is 1.36. The maximum absolute atomic E-state index is 12.4. The van der Waals surface area contributed by atoms with Crippen LogP contribution in [0.5, 0.6) is 0 Å². The van der Waals surface area contributed by atoms with E-state index in [2.05, 4.69) is 41.2 Å². The predicted octanol–water partition coefficient (Wildman–Crippen LogP) is 1.10. The minimum atomic E-state index is -0.216. The molecule has 3 rings (SSSR count). The second kappa shape index (κ2) is 9.33. The lowest BCUT2D eigenvalue weighted by Gasteiger charge is -2.32. The van der Waals surface area contributed by atoms with Gasteiger partial charge in [-0.25, -0.2) is 0 Å². The van der Waals surface area contributed by atoms with Gasteiger partial charge in [-0.3, -0.25) is 9.59 Å². The quantitative estimate of drug-likeness (QED) is 0.728. The number of benzene rings is 1. The number of piperazine rings is 1. The highest BCUT2D eigenvalue weighted by atomic mass is 16.2. The molecule has 0 spiro atoms. The lowest BCUT2D eigenvalue weighted by atomic mass is 10.1. The van der Waals surface area contributed by atoms with Gasteiger partial charge in [0.1, 0.15) is 0 Å². The minimum Gasteiger partial charge on any atom is -0.356 e. The van der Waals surface area contributed by atoms with Gasteiger partial charge in [0.25, 0.3) is 0 Å². The number of amides is 2. The second-order valence-electron chi connectivity index (χ2n) is 7.95. The molecule has 0 bridgehead atoms. The number of rotatable bonds is 7. The standard InChI is InChI=1S/C21H32N4O2/c1-17-4-6-18(7-5-17)15-25-16-19(14-20(25)26)21(27)22-8-3-9-24-12-10-23(2)11-13-24/h4-7,19H,3,8-16H2,1-2H3,(H,22,27). The van der Waals surface area contributed by atoms with Crippen LogP contribution in [-0.2, 0) is 16.1 Å². The molecule has 148 valence electrons. The zero-order valence-electron chi connectivity index (χ0n) is 16.6. The molecule has 0 aromatic heterocycles. The summed E-state index contributed by atoms with van der Waals surface area (Å²) in [4.78, 5) is 31.3. The van der Waals surface area contributed by atoms with Crippen molar-refractivity contribution in [3.05, 3.63) is 35.4 Å². The average Bonchev–Trinajstić information content (AvgIpc) is 3.02. The van der Waals surface area contributed by atoms with Gasteiger partial charge >= 0.3 is 0 Å². The van der Waals surface area contributed by atoms with Crippen molar-refractivity contribution in [2.45, 2.75) is 26.3 Å². The number of nitrogens with zero attached hydrogens (tertiary/aromatic N) is 3. The van der Waals surface area contributed by atoms with Gasteiger partial charge in [0.15, 0.2) is 0 Å². The Labute approximate surface area is 162 Å². The van der Waals surface area contributed by atoms with Gasteiger partial charge in [-0.05, 0) is 32.5 Å². The predicted molar refractivity (Wildman–Crippen MR) is 106 cm³/mol. The molecule has 6 nitrogen and oxygen atoms in total. The van der Waals surface area contributed by atoms with Gasteiger partial charge in [0.2, 0.25) is 11.8 Å². The third kappa shape index (κ3) is 5.78. The highest BCUT2D eigenvalue weighted by Gasteiger charge is 2.34. The fourth-order valence-corrected chi connectivity index (χ4v) is 3.74. The van der Waals surface area contributed by atoms with Gasteiger partial charge < -0.3 is 20.0 Å².